The number of hydrogen-bond donors (Lipinski definition) is 1. The number of carbonyl (C=O) groups excluding carboxylic acids is 1. The molecule has 0 saturated carbocycles. The van der Waals surface area contributed by atoms with Crippen LogP contribution in [-0.4, -0.2) is 26.2 Å². The standard InChI is InChI=1S/C17H21NO3S/c1-4-15-12(2)11-16(22-15)17(19)18-9-10-21-14-7-5-13(20-3)6-8-14/h5-8,11H,4,9-10H2,1-3H3,(H,18,19). The topological polar surface area (TPSA) is 47.6 Å². The summed E-state index contributed by atoms with van der Waals surface area (Å²) in [6.45, 7) is 5.05. The molecule has 1 aromatic carbocycles. The molecule has 0 spiro atoms. The Morgan fingerprint density at radius 2 is 1.91 bits per heavy atom. The lowest BCUT2D eigenvalue weighted by Crippen LogP contribution is -2.27. The highest BCUT2D eigenvalue weighted by atomic mass is 32.1. The first-order valence-corrected chi connectivity index (χ1v) is 8.10. The number of hydrogen-bond acceptors (Lipinski definition) is 4. The molecule has 2 aromatic rings. The average molecular weight is 319 g/mol. The van der Waals surface area contributed by atoms with Gasteiger partial charge in [0, 0.05) is 4.88 Å². The zero-order chi connectivity index (χ0) is 15.9. The summed E-state index contributed by atoms with van der Waals surface area (Å²) < 4.78 is 10.7. The first-order valence-electron chi connectivity index (χ1n) is 7.28. The Kier molecular flexibility index (Phi) is 5.83. The number of aryl methyl sites for hydroxylation is 2. The van der Waals surface area contributed by atoms with Gasteiger partial charge in [0.1, 0.15) is 18.1 Å². The number of amides is 1. The van der Waals surface area contributed by atoms with E-state index in [-0.39, 0.29) is 5.91 Å². The van der Waals surface area contributed by atoms with Gasteiger partial charge in [0.05, 0.1) is 18.5 Å². The maximum absolute atomic E-state index is 12.0. The molecule has 4 nitrogen and oxygen atoms in total. The predicted molar refractivity (Wildman–Crippen MR) is 89.3 cm³/mol. The van der Waals surface area contributed by atoms with Crippen molar-refractivity contribution in [2.24, 2.45) is 0 Å². The van der Waals surface area contributed by atoms with Crippen LogP contribution in [0.1, 0.15) is 27.0 Å². The summed E-state index contributed by atoms with van der Waals surface area (Å²) in [4.78, 5) is 14.1. The molecule has 118 valence electrons. The molecule has 22 heavy (non-hydrogen) atoms. The molecule has 1 heterocycles. The highest BCUT2D eigenvalue weighted by Crippen LogP contribution is 2.22. The SMILES string of the molecule is CCc1sc(C(=O)NCCOc2ccc(OC)cc2)cc1C. The van der Waals surface area contributed by atoms with Gasteiger partial charge in [-0.2, -0.15) is 0 Å². The van der Waals surface area contributed by atoms with Gasteiger partial charge in [-0.05, 0) is 49.2 Å². The third-order valence-electron chi connectivity index (χ3n) is 3.28. The maximum atomic E-state index is 12.0. The fourth-order valence-corrected chi connectivity index (χ4v) is 3.11. The largest absolute Gasteiger partial charge is 0.497 e. The molecule has 0 fully saturated rings. The second-order valence-electron chi connectivity index (χ2n) is 4.85. The van der Waals surface area contributed by atoms with Gasteiger partial charge in [-0.25, -0.2) is 0 Å². The molecule has 0 aliphatic heterocycles. The van der Waals surface area contributed by atoms with Crippen LogP contribution in [-0.2, 0) is 6.42 Å². The van der Waals surface area contributed by atoms with Gasteiger partial charge in [0.2, 0.25) is 0 Å². The first kappa shape index (κ1) is 16.4. The molecule has 0 bridgehead atoms. The quantitative estimate of drug-likeness (QED) is 0.795. The van der Waals surface area contributed by atoms with E-state index in [0.717, 1.165) is 22.8 Å². The molecule has 0 unspecified atom stereocenters. The Bertz CT molecular complexity index is 619. The summed E-state index contributed by atoms with van der Waals surface area (Å²) >= 11 is 1.56. The molecular weight excluding hydrogens is 298 g/mol. The number of ether oxygens (including phenoxy) is 2. The van der Waals surface area contributed by atoms with Gasteiger partial charge in [-0.15, -0.1) is 11.3 Å². The zero-order valence-corrected chi connectivity index (χ0v) is 14.0. The Balaban J connectivity index is 1.76. The molecule has 0 saturated heterocycles. The third kappa shape index (κ3) is 4.24. The number of rotatable bonds is 7. The summed E-state index contributed by atoms with van der Waals surface area (Å²) in [6.07, 6.45) is 0.963. The third-order valence-corrected chi connectivity index (χ3v) is 4.66. The van der Waals surface area contributed by atoms with Crippen molar-refractivity contribution in [2.45, 2.75) is 20.3 Å². The highest BCUT2D eigenvalue weighted by Gasteiger charge is 2.10. The van der Waals surface area contributed by atoms with Crippen molar-refractivity contribution in [3.05, 3.63) is 45.6 Å². The second-order valence-corrected chi connectivity index (χ2v) is 5.99. The van der Waals surface area contributed by atoms with E-state index in [0.29, 0.717) is 13.2 Å². The molecule has 5 heteroatoms. The zero-order valence-electron chi connectivity index (χ0n) is 13.1. The highest BCUT2D eigenvalue weighted by molar-refractivity contribution is 7.14. The Morgan fingerprint density at radius 1 is 1.23 bits per heavy atom. The fourth-order valence-electron chi connectivity index (χ4n) is 2.08. The van der Waals surface area contributed by atoms with E-state index in [9.17, 15) is 4.79 Å². The molecule has 1 N–H and O–H groups in total. The lowest BCUT2D eigenvalue weighted by atomic mass is 10.2. The second kappa shape index (κ2) is 7.84. The van der Waals surface area contributed by atoms with Crippen molar-refractivity contribution < 1.29 is 14.3 Å². The van der Waals surface area contributed by atoms with Crippen molar-refractivity contribution in [3.63, 3.8) is 0 Å². The predicted octanol–water partition coefficient (Wildman–Crippen LogP) is 3.44. The van der Waals surface area contributed by atoms with Crippen molar-refractivity contribution in [1.82, 2.24) is 5.32 Å². The molecule has 2 rings (SSSR count). The van der Waals surface area contributed by atoms with E-state index in [1.165, 1.54) is 10.4 Å². The van der Waals surface area contributed by atoms with Crippen molar-refractivity contribution in [1.29, 1.82) is 0 Å². The van der Waals surface area contributed by atoms with E-state index in [1.807, 2.05) is 37.3 Å². The minimum absolute atomic E-state index is 0.0360. The number of benzene rings is 1. The minimum Gasteiger partial charge on any atom is -0.497 e. The molecular formula is C17H21NO3S. The van der Waals surface area contributed by atoms with Crippen molar-refractivity contribution in [2.75, 3.05) is 20.3 Å². The van der Waals surface area contributed by atoms with Gasteiger partial charge < -0.3 is 14.8 Å². The van der Waals surface area contributed by atoms with Gasteiger partial charge in [-0.1, -0.05) is 6.92 Å². The van der Waals surface area contributed by atoms with Crippen LogP contribution >= 0.6 is 11.3 Å². The number of methoxy groups -OCH3 is 1. The fraction of sp³-hybridized carbons (Fsp3) is 0.353. The van der Waals surface area contributed by atoms with Crippen molar-refractivity contribution >= 4 is 17.2 Å². The van der Waals surface area contributed by atoms with Crippen molar-refractivity contribution in [3.8, 4) is 11.5 Å². The van der Waals surface area contributed by atoms with Gasteiger partial charge in [-0.3, -0.25) is 4.79 Å². The van der Waals surface area contributed by atoms with E-state index in [2.05, 4.69) is 12.2 Å². The summed E-state index contributed by atoms with van der Waals surface area (Å²) in [5, 5.41) is 2.88. The van der Waals surface area contributed by atoms with Crippen LogP contribution in [0.4, 0.5) is 0 Å². The average Bonchev–Trinajstić information content (AvgIpc) is 2.93. The maximum Gasteiger partial charge on any atom is 0.261 e. The summed E-state index contributed by atoms with van der Waals surface area (Å²) in [5.41, 5.74) is 1.19. The number of nitrogens with one attached hydrogen (secondary N) is 1. The van der Waals surface area contributed by atoms with Crippen LogP contribution in [0.5, 0.6) is 11.5 Å². The van der Waals surface area contributed by atoms with Gasteiger partial charge in [0.25, 0.3) is 5.91 Å². The summed E-state index contributed by atoms with van der Waals surface area (Å²) in [5.74, 6) is 1.52. The Labute approximate surface area is 135 Å². The normalized spacial score (nSPS) is 10.3. The molecule has 0 aliphatic rings. The summed E-state index contributed by atoms with van der Waals surface area (Å²) in [7, 11) is 1.63. The number of carbonyl (C=O) groups is 1. The molecule has 0 atom stereocenters. The Hall–Kier alpha value is -2.01. The molecule has 1 aromatic heterocycles. The van der Waals surface area contributed by atoms with Crippen LogP contribution in [0, 0.1) is 6.92 Å². The Morgan fingerprint density at radius 3 is 2.50 bits per heavy atom. The van der Waals surface area contributed by atoms with Crippen LogP contribution in [0.3, 0.4) is 0 Å². The van der Waals surface area contributed by atoms with E-state index < -0.39 is 0 Å². The number of thiophene rings is 1. The lowest BCUT2D eigenvalue weighted by Gasteiger charge is -2.07. The lowest BCUT2D eigenvalue weighted by molar-refractivity contribution is 0.0951. The van der Waals surface area contributed by atoms with Crippen LogP contribution < -0.4 is 14.8 Å². The monoisotopic (exact) mass is 319 g/mol. The minimum atomic E-state index is -0.0360. The van der Waals surface area contributed by atoms with Crippen LogP contribution in [0.15, 0.2) is 30.3 Å². The van der Waals surface area contributed by atoms with Crippen LogP contribution in [0.2, 0.25) is 0 Å². The molecule has 0 radical (unpaired) electrons. The smallest absolute Gasteiger partial charge is 0.261 e. The first-order chi connectivity index (χ1) is 10.6. The van der Waals surface area contributed by atoms with Gasteiger partial charge in [0.15, 0.2) is 0 Å². The molecule has 0 aliphatic carbocycles. The molecule has 1 amide bonds. The van der Waals surface area contributed by atoms with E-state index in [1.54, 1.807) is 18.4 Å². The summed E-state index contributed by atoms with van der Waals surface area (Å²) in [6, 6.07) is 9.32. The van der Waals surface area contributed by atoms with Gasteiger partial charge >= 0.3 is 0 Å². The van der Waals surface area contributed by atoms with E-state index in [4.69, 9.17) is 9.47 Å². The van der Waals surface area contributed by atoms with Crippen LogP contribution in [0.25, 0.3) is 0 Å². The van der Waals surface area contributed by atoms with E-state index >= 15 is 0 Å².